The van der Waals surface area contributed by atoms with Crippen molar-refractivity contribution in [1.29, 1.82) is 0 Å². The monoisotopic (exact) mass is 277 g/mol. The standard InChI is InChI=1S/C17H27NO2/c1-3-4-5-14-6-8-16(9-7-14)20-13-17(18-2)15-10-11-19-12-15/h6-9,15,17-18H,3-5,10-13H2,1-2H3. The molecule has 2 unspecified atom stereocenters. The van der Waals surface area contributed by atoms with E-state index in [1.165, 1.54) is 18.4 Å². The molecule has 3 heteroatoms. The summed E-state index contributed by atoms with van der Waals surface area (Å²) in [5, 5.41) is 3.35. The second-order valence-corrected chi connectivity index (χ2v) is 5.58. The van der Waals surface area contributed by atoms with Crippen LogP contribution in [0.4, 0.5) is 0 Å². The smallest absolute Gasteiger partial charge is 0.119 e. The minimum absolute atomic E-state index is 0.372. The first-order valence-corrected chi connectivity index (χ1v) is 7.80. The molecule has 1 aromatic carbocycles. The minimum atomic E-state index is 0.372. The van der Waals surface area contributed by atoms with Gasteiger partial charge >= 0.3 is 0 Å². The van der Waals surface area contributed by atoms with Gasteiger partial charge in [0.2, 0.25) is 0 Å². The van der Waals surface area contributed by atoms with Crippen LogP contribution in [0.2, 0.25) is 0 Å². The van der Waals surface area contributed by atoms with Crippen molar-refractivity contribution in [2.45, 2.75) is 38.6 Å². The van der Waals surface area contributed by atoms with Gasteiger partial charge in [0.15, 0.2) is 0 Å². The number of hydrogen-bond acceptors (Lipinski definition) is 3. The van der Waals surface area contributed by atoms with Crippen molar-refractivity contribution in [3.05, 3.63) is 29.8 Å². The summed E-state index contributed by atoms with van der Waals surface area (Å²) in [5.41, 5.74) is 1.40. The average Bonchev–Trinajstić information content (AvgIpc) is 3.01. The van der Waals surface area contributed by atoms with E-state index in [1.807, 2.05) is 7.05 Å². The first kappa shape index (κ1) is 15.3. The van der Waals surface area contributed by atoms with Gasteiger partial charge in [-0.15, -0.1) is 0 Å². The molecule has 1 N–H and O–H groups in total. The molecule has 1 aliphatic rings. The van der Waals surface area contributed by atoms with Crippen molar-refractivity contribution in [2.24, 2.45) is 5.92 Å². The number of rotatable bonds is 8. The zero-order chi connectivity index (χ0) is 14.2. The molecule has 1 fully saturated rings. The summed E-state index contributed by atoms with van der Waals surface area (Å²) in [6.45, 7) is 4.67. The van der Waals surface area contributed by atoms with Crippen molar-refractivity contribution in [3.8, 4) is 5.75 Å². The lowest BCUT2D eigenvalue weighted by Crippen LogP contribution is -2.39. The number of hydrogen-bond donors (Lipinski definition) is 1. The quantitative estimate of drug-likeness (QED) is 0.792. The van der Waals surface area contributed by atoms with Gasteiger partial charge in [-0.05, 0) is 44.0 Å². The molecule has 0 amide bonds. The summed E-state index contributed by atoms with van der Waals surface area (Å²) in [7, 11) is 2.00. The van der Waals surface area contributed by atoms with Gasteiger partial charge < -0.3 is 14.8 Å². The molecule has 3 nitrogen and oxygen atoms in total. The van der Waals surface area contributed by atoms with Crippen LogP contribution in [-0.2, 0) is 11.2 Å². The molecule has 0 aromatic heterocycles. The van der Waals surface area contributed by atoms with Crippen molar-refractivity contribution >= 4 is 0 Å². The lowest BCUT2D eigenvalue weighted by molar-refractivity contribution is 0.162. The molecular formula is C17H27NO2. The molecule has 1 heterocycles. The van der Waals surface area contributed by atoms with E-state index in [4.69, 9.17) is 9.47 Å². The van der Waals surface area contributed by atoms with Gasteiger partial charge in [0, 0.05) is 18.6 Å². The van der Waals surface area contributed by atoms with Gasteiger partial charge in [-0.3, -0.25) is 0 Å². The maximum Gasteiger partial charge on any atom is 0.119 e. The largest absolute Gasteiger partial charge is 0.492 e. The SMILES string of the molecule is CCCCc1ccc(OCC(NC)C2CCOC2)cc1. The van der Waals surface area contributed by atoms with E-state index in [9.17, 15) is 0 Å². The van der Waals surface area contributed by atoms with Crippen LogP contribution in [0.5, 0.6) is 5.75 Å². The molecule has 0 spiro atoms. The number of likely N-dealkylation sites (N-methyl/N-ethyl adjacent to an activating group) is 1. The molecule has 0 bridgehead atoms. The second-order valence-electron chi connectivity index (χ2n) is 5.58. The second kappa shape index (κ2) is 8.28. The number of ether oxygens (including phenoxy) is 2. The van der Waals surface area contributed by atoms with E-state index < -0.39 is 0 Å². The summed E-state index contributed by atoms with van der Waals surface area (Å²) >= 11 is 0. The van der Waals surface area contributed by atoms with Crippen LogP contribution in [0.15, 0.2) is 24.3 Å². The van der Waals surface area contributed by atoms with E-state index >= 15 is 0 Å². The lowest BCUT2D eigenvalue weighted by atomic mass is 10.00. The summed E-state index contributed by atoms with van der Waals surface area (Å²) in [6.07, 6.45) is 4.79. The molecule has 1 aromatic rings. The highest BCUT2D eigenvalue weighted by atomic mass is 16.5. The maximum atomic E-state index is 5.91. The van der Waals surface area contributed by atoms with Crippen molar-refractivity contribution in [1.82, 2.24) is 5.32 Å². The molecule has 0 aliphatic carbocycles. The van der Waals surface area contributed by atoms with Gasteiger partial charge in [-0.2, -0.15) is 0 Å². The van der Waals surface area contributed by atoms with Crippen LogP contribution in [-0.4, -0.2) is 32.9 Å². The molecule has 0 radical (unpaired) electrons. The number of unbranched alkanes of at least 4 members (excludes halogenated alkanes) is 1. The molecule has 2 rings (SSSR count). The fourth-order valence-electron chi connectivity index (χ4n) is 2.64. The Bertz CT molecular complexity index is 371. The summed E-state index contributed by atoms with van der Waals surface area (Å²) in [6, 6.07) is 8.90. The van der Waals surface area contributed by atoms with Crippen LogP contribution < -0.4 is 10.1 Å². The van der Waals surface area contributed by atoms with Crippen LogP contribution in [0.3, 0.4) is 0 Å². The summed E-state index contributed by atoms with van der Waals surface area (Å²) in [5.74, 6) is 1.54. The number of benzene rings is 1. The predicted molar refractivity (Wildman–Crippen MR) is 82.3 cm³/mol. The zero-order valence-electron chi connectivity index (χ0n) is 12.7. The lowest BCUT2D eigenvalue weighted by Gasteiger charge is -2.22. The van der Waals surface area contributed by atoms with E-state index in [0.29, 0.717) is 18.6 Å². The maximum absolute atomic E-state index is 5.91. The molecule has 2 atom stereocenters. The normalized spacial score (nSPS) is 20.0. The Morgan fingerprint density at radius 3 is 2.75 bits per heavy atom. The van der Waals surface area contributed by atoms with Crippen molar-refractivity contribution in [2.75, 3.05) is 26.9 Å². The Labute approximate surface area is 122 Å². The third kappa shape index (κ3) is 4.50. The topological polar surface area (TPSA) is 30.5 Å². The Morgan fingerprint density at radius 2 is 2.15 bits per heavy atom. The molecule has 20 heavy (non-hydrogen) atoms. The molecule has 112 valence electrons. The van der Waals surface area contributed by atoms with Crippen LogP contribution in [0, 0.1) is 5.92 Å². The highest BCUT2D eigenvalue weighted by Gasteiger charge is 2.24. The highest BCUT2D eigenvalue weighted by Crippen LogP contribution is 2.19. The molecule has 0 saturated carbocycles. The third-order valence-corrected chi connectivity index (χ3v) is 4.08. The Balaban J connectivity index is 1.80. The average molecular weight is 277 g/mol. The fourth-order valence-corrected chi connectivity index (χ4v) is 2.64. The van der Waals surface area contributed by atoms with Crippen LogP contribution in [0.1, 0.15) is 31.7 Å². The number of nitrogens with one attached hydrogen (secondary N) is 1. The van der Waals surface area contributed by atoms with Gasteiger partial charge in [-0.25, -0.2) is 0 Å². The van der Waals surface area contributed by atoms with E-state index in [-0.39, 0.29) is 0 Å². The van der Waals surface area contributed by atoms with E-state index in [1.54, 1.807) is 0 Å². The van der Waals surface area contributed by atoms with Gasteiger partial charge in [-0.1, -0.05) is 25.5 Å². The van der Waals surface area contributed by atoms with Crippen molar-refractivity contribution in [3.63, 3.8) is 0 Å². The van der Waals surface area contributed by atoms with Gasteiger partial charge in [0.25, 0.3) is 0 Å². The fraction of sp³-hybridized carbons (Fsp3) is 0.647. The first-order chi connectivity index (χ1) is 9.83. The molecule has 1 saturated heterocycles. The Hall–Kier alpha value is -1.06. The minimum Gasteiger partial charge on any atom is -0.492 e. The zero-order valence-corrected chi connectivity index (χ0v) is 12.7. The molecule has 1 aliphatic heterocycles. The van der Waals surface area contributed by atoms with E-state index in [2.05, 4.69) is 36.5 Å². The van der Waals surface area contributed by atoms with Crippen LogP contribution >= 0.6 is 0 Å². The third-order valence-electron chi connectivity index (χ3n) is 4.08. The first-order valence-electron chi connectivity index (χ1n) is 7.80. The Kier molecular flexibility index (Phi) is 6.34. The predicted octanol–water partition coefficient (Wildman–Crippen LogP) is 3.03. The van der Waals surface area contributed by atoms with Crippen molar-refractivity contribution < 1.29 is 9.47 Å². The summed E-state index contributed by atoms with van der Waals surface area (Å²) in [4.78, 5) is 0. The van der Waals surface area contributed by atoms with Gasteiger partial charge in [0.05, 0.1) is 6.61 Å². The van der Waals surface area contributed by atoms with E-state index in [0.717, 1.165) is 31.8 Å². The summed E-state index contributed by atoms with van der Waals surface area (Å²) < 4.78 is 11.4. The Morgan fingerprint density at radius 1 is 1.35 bits per heavy atom. The molecular weight excluding hydrogens is 250 g/mol. The van der Waals surface area contributed by atoms with Gasteiger partial charge in [0.1, 0.15) is 12.4 Å². The highest BCUT2D eigenvalue weighted by molar-refractivity contribution is 5.27. The van der Waals surface area contributed by atoms with Crippen LogP contribution in [0.25, 0.3) is 0 Å². The number of aryl methyl sites for hydroxylation is 1.